The predicted octanol–water partition coefficient (Wildman–Crippen LogP) is 2.18. The quantitative estimate of drug-likeness (QED) is 0.766. The highest BCUT2D eigenvalue weighted by Crippen LogP contribution is 2.20. The molecule has 0 aliphatic heterocycles. The molecule has 3 rings (SSSR count). The van der Waals surface area contributed by atoms with Crippen molar-refractivity contribution in [3.63, 3.8) is 0 Å². The van der Waals surface area contributed by atoms with Gasteiger partial charge >= 0.3 is 0 Å². The number of fused-ring (bicyclic) bond motifs is 1. The lowest BCUT2D eigenvalue weighted by molar-refractivity contribution is 0.291. The largest absolute Gasteiger partial charge is 0.486 e. The van der Waals surface area contributed by atoms with Gasteiger partial charge in [0.2, 0.25) is 0 Å². The summed E-state index contributed by atoms with van der Waals surface area (Å²) in [7, 11) is 1.93. The van der Waals surface area contributed by atoms with E-state index in [1.54, 1.807) is 0 Å². The van der Waals surface area contributed by atoms with E-state index in [2.05, 4.69) is 15.2 Å². The summed E-state index contributed by atoms with van der Waals surface area (Å²) in [5.41, 5.74) is 1.11. The van der Waals surface area contributed by atoms with Crippen LogP contribution in [0.25, 0.3) is 10.9 Å². The van der Waals surface area contributed by atoms with Gasteiger partial charge in [-0.15, -0.1) is 10.2 Å². The second-order valence-electron chi connectivity index (χ2n) is 4.24. The van der Waals surface area contributed by atoms with E-state index in [4.69, 9.17) is 4.74 Å². The molecule has 0 saturated carbocycles. The van der Waals surface area contributed by atoms with E-state index < -0.39 is 0 Å². The summed E-state index contributed by atoms with van der Waals surface area (Å²) >= 11 is 0. The lowest BCUT2D eigenvalue weighted by Gasteiger charge is -2.06. The number of nitrogens with one attached hydrogen (secondary N) is 1. The number of ether oxygens (including phenoxy) is 1. The average Bonchev–Trinajstić information content (AvgIpc) is 2.96. The molecule has 0 aliphatic rings. The minimum Gasteiger partial charge on any atom is -0.486 e. The third-order valence-corrected chi connectivity index (χ3v) is 3.08. The molecular weight excluding hydrogens is 228 g/mol. The van der Waals surface area contributed by atoms with Gasteiger partial charge in [-0.05, 0) is 31.2 Å². The SMILES string of the molecule is Cc1nnc(COc2ccc3[nH]ccc3c2)n1C. The van der Waals surface area contributed by atoms with E-state index in [-0.39, 0.29) is 0 Å². The van der Waals surface area contributed by atoms with E-state index in [0.717, 1.165) is 28.3 Å². The molecule has 0 radical (unpaired) electrons. The highest BCUT2D eigenvalue weighted by atomic mass is 16.5. The molecule has 2 aromatic heterocycles. The molecule has 1 aromatic carbocycles. The van der Waals surface area contributed by atoms with Crippen LogP contribution in [0.1, 0.15) is 11.6 Å². The lowest BCUT2D eigenvalue weighted by atomic mass is 10.2. The van der Waals surface area contributed by atoms with Gasteiger partial charge in [-0.25, -0.2) is 0 Å². The Bertz CT molecular complexity index is 683. The van der Waals surface area contributed by atoms with Crippen molar-refractivity contribution in [2.45, 2.75) is 13.5 Å². The Morgan fingerprint density at radius 1 is 1.28 bits per heavy atom. The van der Waals surface area contributed by atoms with Gasteiger partial charge in [-0.1, -0.05) is 0 Å². The van der Waals surface area contributed by atoms with E-state index >= 15 is 0 Å². The van der Waals surface area contributed by atoms with Gasteiger partial charge in [-0.2, -0.15) is 0 Å². The second kappa shape index (κ2) is 4.18. The fraction of sp³-hybridized carbons (Fsp3) is 0.231. The number of aromatic amines is 1. The number of benzene rings is 1. The highest BCUT2D eigenvalue weighted by Gasteiger charge is 2.05. The van der Waals surface area contributed by atoms with Crippen molar-refractivity contribution < 1.29 is 4.74 Å². The second-order valence-corrected chi connectivity index (χ2v) is 4.24. The molecular formula is C13H14N4O. The number of hydrogen-bond donors (Lipinski definition) is 1. The van der Waals surface area contributed by atoms with Crippen molar-refractivity contribution in [1.29, 1.82) is 0 Å². The summed E-state index contributed by atoms with van der Waals surface area (Å²) in [6.07, 6.45) is 1.92. The summed E-state index contributed by atoms with van der Waals surface area (Å²) in [6, 6.07) is 7.98. The summed E-state index contributed by atoms with van der Waals surface area (Å²) in [5.74, 6) is 2.54. The molecule has 5 nitrogen and oxygen atoms in total. The molecule has 92 valence electrons. The maximum Gasteiger partial charge on any atom is 0.170 e. The van der Waals surface area contributed by atoms with Crippen molar-refractivity contribution in [3.8, 4) is 5.75 Å². The molecule has 0 unspecified atom stereocenters. The number of rotatable bonds is 3. The Hall–Kier alpha value is -2.30. The van der Waals surface area contributed by atoms with Crippen molar-refractivity contribution in [3.05, 3.63) is 42.1 Å². The fourth-order valence-corrected chi connectivity index (χ4v) is 1.85. The van der Waals surface area contributed by atoms with E-state index in [1.807, 2.05) is 49.0 Å². The number of nitrogens with zero attached hydrogens (tertiary/aromatic N) is 3. The van der Waals surface area contributed by atoms with Crippen molar-refractivity contribution in [1.82, 2.24) is 19.7 Å². The number of hydrogen-bond acceptors (Lipinski definition) is 3. The molecule has 1 N–H and O–H groups in total. The molecule has 0 fully saturated rings. The number of H-pyrrole nitrogens is 1. The Morgan fingerprint density at radius 2 is 2.17 bits per heavy atom. The van der Waals surface area contributed by atoms with Crippen LogP contribution in [-0.2, 0) is 13.7 Å². The Kier molecular flexibility index (Phi) is 2.51. The summed E-state index contributed by atoms with van der Waals surface area (Å²) in [4.78, 5) is 3.15. The molecule has 0 atom stereocenters. The van der Waals surface area contributed by atoms with Gasteiger partial charge in [-0.3, -0.25) is 0 Å². The normalized spacial score (nSPS) is 11.0. The van der Waals surface area contributed by atoms with Crippen molar-refractivity contribution >= 4 is 10.9 Å². The van der Waals surface area contributed by atoms with Crippen LogP contribution in [0.2, 0.25) is 0 Å². The standard InChI is InChI=1S/C13H14N4O/c1-9-15-16-13(17(9)2)8-18-11-3-4-12-10(7-11)5-6-14-12/h3-7,14H,8H2,1-2H3. The summed E-state index contributed by atoms with van der Waals surface area (Å²) < 4.78 is 7.65. The number of aryl methyl sites for hydroxylation is 1. The molecule has 3 aromatic rings. The smallest absolute Gasteiger partial charge is 0.170 e. The van der Waals surface area contributed by atoms with Gasteiger partial charge in [0.05, 0.1) is 0 Å². The average molecular weight is 242 g/mol. The first kappa shape index (κ1) is 10.8. The molecule has 2 heterocycles. The van der Waals surface area contributed by atoms with Crippen LogP contribution >= 0.6 is 0 Å². The Labute approximate surface area is 104 Å². The highest BCUT2D eigenvalue weighted by molar-refractivity contribution is 5.80. The monoisotopic (exact) mass is 242 g/mol. The molecule has 0 aliphatic carbocycles. The van der Waals surface area contributed by atoms with Crippen LogP contribution < -0.4 is 4.74 Å². The molecule has 0 saturated heterocycles. The van der Waals surface area contributed by atoms with Crippen LogP contribution in [0.3, 0.4) is 0 Å². The van der Waals surface area contributed by atoms with E-state index in [9.17, 15) is 0 Å². The zero-order chi connectivity index (χ0) is 12.5. The zero-order valence-electron chi connectivity index (χ0n) is 10.3. The van der Waals surface area contributed by atoms with E-state index in [1.165, 1.54) is 0 Å². The van der Waals surface area contributed by atoms with Gasteiger partial charge < -0.3 is 14.3 Å². The van der Waals surface area contributed by atoms with Crippen LogP contribution in [0.5, 0.6) is 5.75 Å². The molecule has 0 spiro atoms. The van der Waals surface area contributed by atoms with Gasteiger partial charge in [0.25, 0.3) is 0 Å². The summed E-state index contributed by atoms with van der Waals surface area (Å²) in [6.45, 7) is 2.34. The third kappa shape index (κ3) is 1.84. The van der Waals surface area contributed by atoms with Gasteiger partial charge in [0, 0.05) is 24.1 Å². The summed E-state index contributed by atoms with van der Waals surface area (Å²) in [5, 5.41) is 9.20. The topological polar surface area (TPSA) is 55.7 Å². The predicted molar refractivity (Wildman–Crippen MR) is 68.4 cm³/mol. The molecule has 0 amide bonds. The van der Waals surface area contributed by atoms with Crippen LogP contribution in [-0.4, -0.2) is 19.7 Å². The molecule has 5 heteroatoms. The minimum absolute atomic E-state index is 0.424. The zero-order valence-corrected chi connectivity index (χ0v) is 10.3. The van der Waals surface area contributed by atoms with Crippen LogP contribution in [0, 0.1) is 6.92 Å². The lowest BCUT2D eigenvalue weighted by Crippen LogP contribution is -2.04. The Morgan fingerprint density at radius 3 is 2.94 bits per heavy atom. The minimum atomic E-state index is 0.424. The van der Waals surface area contributed by atoms with Crippen LogP contribution in [0.15, 0.2) is 30.5 Å². The van der Waals surface area contributed by atoms with Crippen molar-refractivity contribution in [2.75, 3.05) is 0 Å². The maximum atomic E-state index is 5.73. The first-order chi connectivity index (χ1) is 8.74. The first-order valence-corrected chi connectivity index (χ1v) is 5.79. The maximum absolute atomic E-state index is 5.73. The van der Waals surface area contributed by atoms with Gasteiger partial charge in [0.15, 0.2) is 5.82 Å². The fourth-order valence-electron chi connectivity index (χ4n) is 1.85. The van der Waals surface area contributed by atoms with Gasteiger partial charge in [0.1, 0.15) is 18.2 Å². The third-order valence-electron chi connectivity index (χ3n) is 3.08. The first-order valence-electron chi connectivity index (χ1n) is 5.79. The van der Waals surface area contributed by atoms with Crippen molar-refractivity contribution in [2.24, 2.45) is 7.05 Å². The molecule has 0 bridgehead atoms. The Balaban J connectivity index is 1.78. The van der Waals surface area contributed by atoms with Crippen LogP contribution in [0.4, 0.5) is 0 Å². The molecule has 18 heavy (non-hydrogen) atoms. The van der Waals surface area contributed by atoms with E-state index in [0.29, 0.717) is 6.61 Å². The number of aromatic nitrogens is 4.